The number of nitrogens with one attached hydrogen (secondary N) is 1. The molecule has 0 saturated heterocycles. The van der Waals surface area contributed by atoms with Crippen LogP contribution in [0.1, 0.15) is 36.1 Å². The Hall–Kier alpha value is -1.81. The second-order valence-electron chi connectivity index (χ2n) is 4.70. The second-order valence-corrected chi connectivity index (χ2v) is 4.70. The third-order valence-corrected chi connectivity index (χ3v) is 3.19. The van der Waals surface area contributed by atoms with Crippen molar-refractivity contribution >= 4 is 0 Å². The van der Waals surface area contributed by atoms with E-state index < -0.39 is 6.43 Å². The van der Waals surface area contributed by atoms with Crippen molar-refractivity contribution in [2.75, 3.05) is 0 Å². The zero-order valence-corrected chi connectivity index (χ0v) is 11.1. The molecule has 0 fully saturated rings. The summed E-state index contributed by atoms with van der Waals surface area (Å²) in [5, 5.41) is 3.24. The highest BCUT2D eigenvalue weighted by Crippen LogP contribution is 2.19. The summed E-state index contributed by atoms with van der Waals surface area (Å²) in [4.78, 5) is 0. The summed E-state index contributed by atoms with van der Waals surface area (Å²) in [6.07, 6.45) is -2.44. The van der Waals surface area contributed by atoms with Crippen molar-refractivity contribution in [2.45, 2.75) is 25.9 Å². The zero-order valence-electron chi connectivity index (χ0n) is 11.1. The van der Waals surface area contributed by atoms with Crippen molar-refractivity contribution in [3.8, 4) is 0 Å². The van der Waals surface area contributed by atoms with E-state index in [2.05, 4.69) is 5.32 Å². The van der Waals surface area contributed by atoms with Crippen LogP contribution in [-0.4, -0.2) is 0 Å². The molecule has 4 heteroatoms. The van der Waals surface area contributed by atoms with Gasteiger partial charge in [0.05, 0.1) is 0 Å². The maximum absolute atomic E-state index is 13.1. The van der Waals surface area contributed by atoms with Gasteiger partial charge in [-0.25, -0.2) is 13.2 Å². The van der Waals surface area contributed by atoms with Gasteiger partial charge in [0.1, 0.15) is 5.82 Å². The second kappa shape index (κ2) is 6.57. The Kier molecular flexibility index (Phi) is 4.79. The smallest absolute Gasteiger partial charge is 0.263 e. The molecule has 0 aliphatic carbocycles. The van der Waals surface area contributed by atoms with Crippen molar-refractivity contribution in [2.24, 2.45) is 0 Å². The lowest BCUT2D eigenvalue weighted by molar-refractivity contribution is 0.151. The van der Waals surface area contributed by atoms with E-state index >= 15 is 0 Å². The fourth-order valence-corrected chi connectivity index (χ4v) is 1.95. The summed E-state index contributed by atoms with van der Waals surface area (Å²) in [5.74, 6) is -0.266. The summed E-state index contributed by atoms with van der Waals surface area (Å²) in [6.45, 7) is 2.48. The van der Waals surface area contributed by atoms with Crippen LogP contribution in [0.2, 0.25) is 0 Å². The van der Waals surface area contributed by atoms with Crippen LogP contribution >= 0.6 is 0 Å². The highest BCUT2D eigenvalue weighted by molar-refractivity contribution is 5.24. The van der Waals surface area contributed by atoms with Gasteiger partial charge < -0.3 is 5.32 Å². The summed E-state index contributed by atoms with van der Waals surface area (Å²) in [6, 6.07) is 12.6. The number of halogens is 3. The minimum Gasteiger partial charge on any atom is -0.306 e. The Labute approximate surface area is 116 Å². The third-order valence-electron chi connectivity index (χ3n) is 3.19. The van der Waals surface area contributed by atoms with E-state index in [1.54, 1.807) is 18.2 Å². The van der Waals surface area contributed by atoms with Crippen LogP contribution < -0.4 is 5.32 Å². The van der Waals surface area contributed by atoms with Gasteiger partial charge >= 0.3 is 0 Å². The van der Waals surface area contributed by atoms with Gasteiger partial charge in [-0.15, -0.1) is 0 Å². The average Bonchev–Trinajstić information content (AvgIpc) is 2.45. The maximum Gasteiger partial charge on any atom is 0.263 e. The SMILES string of the molecule is C[C@@H](NCc1ccc(C(F)F)cc1)c1cccc(F)c1. The van der Waals surface area contributed by atoms with Crippen LogP contribution in [0.5, 0.6) is 0 Å². The first-order valence-corrected chi connectivity index (χ1v) is 6.42. The van der Waals surface area contributed by atoms with Crippen molar-refractivity contribution in [1.29, 1.82) is 0 Å². The first-order chi connectivity index (χ1) is 9.56. The Morgan fingerprint density at radius 2 is 1.70 bits per heavy atom. The van der Waals surface area contributed by atoms with E-state index in [-0.39, 0.29) is 17.4 Å². The Morgan fingerprint density at radius 3 is 2.30 bits per heavy atom. The van der Waals surface area contributed by atoms with Crippen molar-refractivity contribution in [3.05, 3.63) is 71.0 Å². The van der Waals surface area contributed by atoms with Crippen molar-refractivity contribution in [1.82, 2.24) is 5.32 Å². The summed E-state index contributed by atoms with van der Waals surface area (Å²) < 4.78 is 38.0. The van der Waals surface area contributed by atoms with E-state index in [0.717, 1.165) is 11.1 Å². The first kappa shape index (κ1) is 14.6. The Morgan fingerprint density at radius 1 is 1.00 bits per heavy atom. The van der Waals surface area contributed by atoms with Crippen LogP contribution in [0.3, 0.4) is 0 Å². The van der Waals surface area contributed by atoms with Crippen LogP contribution in [-0.2, 0) is 6.54 Å². The van der Waals surface area contributed by atoms with E-state index in [1.165, 1.54) is 24.3 Å². The fraction of sp³-hybridized carbons (Fsp3) is 0.250. The monoisotopic (exact) mass is 279 g/mol. The number of benzene rings is 2. The molecule has 2 aromatic carbocycles. The summed E-state index contributed by atoms with van der Waals surface area (Å²) in [7, 11) is 0. The van der Waals surface area contributed by atoms with E-state index in [1.807, 2.05) is 13.0 Å². The van der Waals surface area contributed by atoms with Crippen LogP contribution in [0, 0.1) is 5.82 Å². The maximum atomic E-state index is 13.1. The third kappa shape index (κ3) is 3.84. The molecule has 0 aliphatic rings. The molecule has 2 aromatic rings. The average molecular weight is 279 g/mol. The number of hydrogen-bond donors (Lipinski definition) is 1. The lowest BCUT2D eigenvalue weighted by Crippen LogP contribution is -2.18. The number of rotatable bonds is 5. The Balaban J connectivity index is 1.94. The highest BCUT2D eigenvalue weighted by atomic mass is 19.3. The largest absolute Gasteiger partial charge is 0.306 e. The van der Waals surface area contributed by atoms with Gasteiger partial charge in [0.2, 0.25) is 0 Å². The summed E-state index contributed by atoms with van der Waals surface area (Å²) >= 11 is 0. The highest BCUT2D eigenvalue weighted by Gasteiger charge is 2.08. The van der Waals surface area contributed by atoms with Gasteiger partial charge in [-0.2, -0.15) is 0 Å². The molecule has 0 aliphatic heterocycles. The molecule has 1 atom stereocenters. The molecule has 20 heavy (non-hydrogen) atoms. The van der Waals surface area contributed by atoms with Crippen LogP contribution in [0.25, 0.3) is 0 Å². The molecule has 0 radical (unpaired) electrons. The van der Waals surface area contributed by atoms with E-state index in [0.29, 0.717) is 6.54 Å². The zero-order chi connectivity index (χ0) is 14.5. The normalized spacial score (nSPS) is 12.7. The first-order valence-electron chi connectivity index (χ1n) is 6.42. The van der Waals surface area contributed by atoms with Gasteiger partial charge in [0.25, 0.3) is 6.43 Å². The topological polar surface area (TPSA) is 12.0 Å². The lowest BCUT2D eigenvalue weighted by Gasteiger charge is -2.14. The van der Waals surface area contributed by atoms with Crippen LogP contribution in [0.4, 0.5) is 13.2 Å². The number of alkyl halides is 2. The molecule has 0 aromatic heterocycles. The molecule has 0 saturated carbocycles. The fourth-order valence-electron chi connectivity index (χ4n) is 1.95. The van der Waals surface area contributed by atoms with Gasteiger partial charge in [-0.1, -0.05) is 36.4 Å². The van der Waals surface area contributed by atoms with E-state index in [4.69, 9.17) is 0 Å². The van der Waals surface area contributed by atoms with E-state index in [9.17, 15) is 13.2 Å². The van der Waals surface area contributed by atoms with Gasteiger partial charge in [0, 0.05) is 18.2 Å². The standard InChI is InChI=1S/C16H16F3N/c1-11(14-3-2-4-15(17)9-14)20-10-12-5-7-13(8-6-12)16(18)19/h2-9,11,16,20H,10H2,1H3/t11-/m1/s1. The molecule has 2 rings (SSSR count). The Bertz CT molecular complexity index is 552. The molecule has 1 N–H and O–H groups in total. The molecular weight excluding hydrogens is 263 g/mol. The van der Waals surface area contributed by atoms with Crippen LogP contribution in [0.15, 0.2) is 48.5 Å². The molecule has 1 nitrogen and oxygen atoms in total. The molecule has 0 bridgehead atoms. The van der Waals surface area contributed by atoms with Gasteiger partial charge in [-0.3, -0.25) is 0 Å². The van der Waals surface area contributed by atoms with Gasteiger partial charge in [0.15, 0.2) is 0 Å². The molecule has 0 amide bonds. The predicted octanol–water partition coefficient (Wildman–Crippen LogP) is 4.61. The molecule has 0 spiro atoms. The molecular formula is C16H16F3N. The molecule has 0 heterocycles. The minimum atomic E-state index is -2.44. The van der Waals surface area contributed by atoms with Gasteiger partial charge in [-0.05, 0) is 30.2 Å². The lowest BCUT2D eigenvalue weighted by atomic mass is 10.1. The molecule has 0 unspecified atom stereocenters. The molecule has 106 valence electrons. The number of hydrogen-bond acceptors (Lipinski definition) is 1. The predicted molar refractivity (Wildman–Crippen MR) is 73.1 cm³/mol. The quantitative estimate of drug-likeness (QED) is 0.842. The minimum absolute atomic E-state index is 0.0134. The van der Waals surface area contributed by atoms with Crippen molar-refractivity contribution < 1.29 is 13.2 Å². The summed E-state index contributed by atoms with van der Waals surface area (Å²) in [5.41, 5.74) is 1.79. The van der Waals surface area contributed by atoms with Crippen molar-refractivity contribution in [3.63, 3.8) is 0 Å².